The Morgan fingerprint density at radius 3 is 2.61 bits per heavy atom. The second-order valence-corrected chi connectivity index (χ2v) is 5.16. The van der Waals surface area contributed by atoms with Crippen molar-refractivity contribution in [2.24, 2.45) is 0 Å². The molecule has 0 saturated carbocycles. The molecule has 0 aliphatic carbocycles. The predicted molar refractivity (Wildman–Crippen MR) is 67.4 cm³/mol. The minimum atomic E-state index is -0.743. The molecule has 1 aromatic rings. The first kappa shape index (κ1) is 14.9. The first-order valence-corrected chi connectivity index (χ1v) is 5.93. The first-order valence-electron chi connectivity index (χ1n) is 5.56. The summed E-state index contributed by atoms with van der Waals surface area (Å²) in [5.74, 6) is -1.39. The Labute approximate surface area is 111 Å². The van der Waals surface area contributed by atoms with E-state index < -0.39 is 11.8 Å². The van der Waals surface area contributed by atoms with Gasteiger partial charge < -0.3 is 9.47 Å². The standard InChI is InChI=1S/C13H16ClFO3/c1-13(2,3)18-7-6-17-12(16)10-8-9(14)4-5-11(10)15/h4-5,8H,6-7H2,1-3H3. The van der Waals surface area contributed by atoms with E-state index in [1.165, 1.54) is 12.1 Å². The average Bonchev–Trinajstić information content (AvgIpc) is 2.26. The Morgan fingerprint density at radius 1 is 1.33 bits per heavy atom. The molecule has 0 bridgehead atoms. The molecule has 0 unspecified atom stereocenters. The summed E-state index contributed by atoms with van der Waals surface area (Å²) in [4.78, 5) is 11.6. The van der Waals surface area contributed by atoms with E-state index in [-0.39, 0.29) is 29.4 Å². The highest BCUT2D eigenvalue weighted by atomic mass is 35.5. The molecule has 0 radical (unpaired) electrons. The fourth-order valence-corrected chi connectivity index (χ4v) is 1.39. The summed E-state index contributed by atoms with van der Waals surface area (Å²) in [6, 6.07) is 3.74. The van der Waals surface area contributed by atoms with Crippen LogP contribution in [0.2, 0.25) is 5.02 Å². The molecule has 0 saturated heterocycles. The van der Waals surface area contributed by atoms with Gasteiger partial charge in [0.2, 0.25) is 0 Å². The van der Waals surface area contributed by atoms with E-state index in [4.69, 9.17) is 21.1 Å². The van der Waals surface area contributed by atoms with Crippen molar-refractivity contribution in [2.45, 2.75) is 26.4 Å². The van der Waals surface area contributed by atoms with Gasteiger partial charge in [-0.15, -0.1) is 0 Å². The van der Waals surface area contributed by atoms with E-state index in [1.807, 2.05) is 20.8 Å². The molecule has 1 rings (SSSR count). The molecule has 0 aliphatic rings. The number of hydrogen-bond acceptors (Lipinski definition) is 3. The van der Waals surface area contributed by atoms with Gasteiger partial charge in [0.1, 0.15) is 12.4 Å². The second kappa shape index (κ2) is 6.16. The third-order valence-corrected chi connectivity index (χ3v) is 2.23. The Morgan fingerprint density at radius 2 is 2.00 bits per heavy atom. The van der Waals surface area contributed by atoms with E-state index in [1.54, 1.807) is 0 Å². The van der Waals surface area contributed by atoms with Gasteiger partial charge in [-0.25, -0.2) is 9.18 Å². The lowest BCUT2D eigenvalue weighted by Crippen LogP contribution is -2.22. The summed E-state index contributed by atoms with van der Waals surface area (Å²) in [7, 11) is 0. The molecule has 0 spiro atoms. The molecule has 0 atom stereocenters. The van der Waals surface area contributed by atoms with Gasteiger partial charge in [0.05, 0.1) is 17.8 Å². The van der Waals surface area contributed by atoms with Crippen LogP contribution in [0.3, 0.4) is 0 Å². The lowest BCUT2D eigenvalue weighted by atomic mass is 10.2. The van der Waals surface area contributed by atoms with Crippen molar-refractivity contribution in [1.82, 2.24) is 0 Å². The third kappa shape index (κ3) is 5.02. The fraction of sp³-hybridized carbons (Fsp3) is 0.462. The SMILES string of the molecule is CC(C)(C)OCCOC(=O)c1cc(Cl)ccc1F. The van der Waals surface area contributed by atoms with E-state index in [0.29, 0.717) is 0 Å². The monoisotopic (exact) mass is 274 g/mol. The number of carbonyl (C=O) groups is 1. The van der Waals surface area contributed by atoms with Gasteiger partial charge in [0.15, 0.2) is 0 Å². The van der Waals surface area contributed by atoms with E-state index in [0.717, 1.165) is 6.07 Å². The van der Waals surface area contributed by atoms with Crippen LogP contribution in [0.4, 0.5) is 4.39 Å². The highest BCUT2D eigenvalue weighted by Gasteiger charge is 2.14. The summed E-state index contributed by atoms with van der Waals surface area (Å²) in [5.41, 5.74) is -0.466. The van der Waals surface area contributed by atoms with Gasteiger partial charge in [-0.1, -0.05) is 11.6 Å². The lowest BCUT2D eigenvalue weighted by molar-refractivity contribution is -0.0282. The van der Waals surface area contributed by atoms with Crippen molar-refractivity contribution < 1.29 is 18.7 Å². The van der Waals surface area contributed by atoms with Gasteiger partial charge in [0, 0.05) is 5.02 Å². The van der Waals surface area contributed by atoms with Crippen molar-refractivity contribution >= 4 is 17.6 Å². The number of carbonyl (C=O) groups excluding carboxylic acids is 1. The number of hydrogen-bond donors (Lipinski definition) is 0. The Balaban J connectivity index is 2.48. The number of rotatable bonds is 4. The quantitative estimate of drug-likeness (QED) is 0.623. The van der Waals surface area contributed by atoms with Crippen LogP contribution in [0, 0.1) is 5.82 Å². The van der Waals surface area contributed by atoms with Crippen LogP contribution in [0.1, 0.15) is 31.1 Å². The zero-order valence-electron chi connectivity index (χ0n) is 10.6. The maximum Gasteiger partial charge on any atom is 0.341 e. The van der Waals surface area contributed by atoms with Crippen molar-refractivity contribution in [3.63, 3.8) is 0 Å². The van der Waals surface area contributed by atoms with Crippen molar-refractivity contribution in [3.8, 4) is 0 Å². The molecule has 18 heavy (non-hydrogen) atoms. The van der Waals surface area contributed by atoms with Crippen LogP contribution in [0.15, 0.2) is 18.2 Å². The molecule has 0 aliphatic heterocycles. The van der Waals surface area contributed by atoms with Crippen molar-refractivity contribution in [2.75, 3.05) is 13.2 Å². The van der Waals surface area contributed by atoms with Crippen LogP contribution in [0.5, 0.6) is 0 Å². The van der Waals surface area contributed by atoms with Crippen LogP contribution < -0.4 is 0 Å². The van der Waals surface area contributed by atoms with Gasteiger partial charge in [-0.2, -0.15) is 0 Å². The molecular formula is C13H16ClFO3. The van der Waals surface area contributed by atoms with E-state index >= 15 is 0 Å². The topological polar surface area (TPSA) is 35.5 Å². The lowest BCUT2D eigenvalue weighted by Gasteiger charge is -2.19. The summed E-state index contributed by atoms with van der Waals surface area (Å²) < 4.78 is 23.6. The van der Waals surface area contributed by atoms with Crippen LogP contribution in [-0.2, 0) is 9.47 Å². The molecule has 0 heterocycles. The van der Waals surface area contributed by atoms with Crippen LogP contribution in [-0.4, -0.2) is 24.8 Å². The zero-order chi connectivity index (χ0) is 13.8. The summed E-state index contributed by atoms with van der Waals surface area (Å²) in [6.07, 6.45) is 0. The molecule has 0 N–H and O–H groups in total. The Kier molecular flexibility index (Phi) is 5.11. The molecule has 3 nitrogen and oxygen atoms in total. The third-order valence-electron chi connectivity index (χ3n) is 2.00. The van der Waals surface area contributed by atoms with E-state index in [2.05, 4.69) is 0 Å². The highest BCUT2D eigenvalue weighted by Crippen LogP contribution is 2.15. The molecular weight excluding hydrogens is 259 g/mol. The predicted octanol–water partition coefficient (Wildman–Crippen LogP) is 3.45. The van der Waals surface area contributed by atoms with Crippen molar-refractivity contribution in [1.29, 1.82) is 0 Å². The maximum atomic E-state index is 13.3. The minimum Gasteiger partial charge on any atom is -0.460 e. The normalized spacial score (nSPS) is 11.4. The van der Waals surface area contributed by atoms with E-state index in [9.17, 15) is 9.18 Å². The Bertz CT molecular complexity index is 427. The summed E-state index contributed by atoms with van der Waals surface area (Å²) in [5, 5.41) is 0.286. The minimum absolute atomic E-state index is 0.0715. The molecule has 0 aromatic heterocycles. The zero-order valence-corrected chi connectivity index (χ0v) is 11.4. The fourth-order valence-electron chi connectivity index (χ4n) is 1.21. The second-order valence-electron chi connectivity index (χ2n) is 4.72. The number of esters is 1. The molecule has 100 valence electrons. The van der Waals surface area contributed by atoms with Crippen molar-refractivity contribution in [3.05, 3.63) is 34.6 Å². The van der Waals surface area contributed by atoms with Gasteiger partial charge in [-0.3, -0.25) is 0 Å². The smallest absolute Gasteiger partial charge is 0.341 e. The number of ether oxygens (including phenoxy) is 2. The largest absolute Gasteiger partial charge is 0.460 e. The molecule has 5 heteroatoms. The van der Waals surface area contributed by atoms with Gasteiger partial charge >= 0.3 is 5.97 Å². The Hall–Kier alpha value is -1.13. The number of benzene rings is 1. The van der Waals surface area contributed by atoms with Crippen LogP contribution >= 0.6 is 11.6 Å². The summed E-state index contributed by atoms with van der Waals surface area (Å²) >= 11 is 5.68. The van der Waals surface area contributed by atoms with Gasteiger partial charge in [0.25, 0.3) is 0 Å². The molecule has 0 amide bonds. The van der Waals surface area contributed by atoms with Gasteiger partial charge in [-0.05, 0) is 39.0 Å². The average molecular weight is 275 g/mol. The summed E-state index contributed by atoms with van der Waals surface area (Å²) in [6.45, 7) is 6.02. The highest BCUT2D eigenvalue weighted by molar-refractivity contribution is 6.30. The maximum absolute atomic E-state index is 13.3. The number of halogens is 2. The van der Waals surface area contributed by atoms with Crippen LogP contribution in [0.25, 0.3) is 0 Å². The molecule has 0 fully saturated rings. The molecule has 1 aromatic carbocycles. The first-order chi connectivity index (χ1) is 8.29.